The van der Waals surface area contributed by atoms with Gasteiger partial charge >= 0.3 is 0 Å². The zero-order valence-electron chi connectivity index (χ0n) is 10.7. The molecule has 0 bridgehead atoms. The molecule has 0 saturated heterocycles. The van der Waals surface area contributed by atoms with E-state index in [9.17, 15) is 4.79 Å². The summed E-state index contributed by atoms with van der Waals surface area (Å²) in [6.45, 7) is 1.49. The summed E-state index contributed by atoms with van der Waals surface area (Å²) in [6.07, 6.45) is 5.42. The van der Waals surface area contributed by atoms with Gasteiger partial charge < -0.3 is 9.88 Å². The van der Waals surface area contributed by atoms with Crippen LogP contribution in [0.15, 0.2) is 42.7 Å². The number of aromatic nitrogens is 2. The second-order valence-corrected chi connectivity index (χ2v) is 4.93. The maximum Gasteiger partial charge on any atom is 0.223 e. The zero-order valence-corrected chi connectivity index (χ0v) is 10.7. The number of nitrogens with one attached hydrogen (secondary N) is 1. The Morgan fingerprint density at radius 3 is 3.05 bits per heavy atom. The Balaban J connectivity index is 1.57. The van der Waals surface area contributed by atoms with Crippen LogP contribution in [-0.2, 0) is 24.3 Å². The molecule has 1 aromatic carbocycles. The number of carbonyl (C=O) groups excluding carboxylic acids is 1. The second-order valence-electron chi connectivity index (χ2n) is 4.93. The molecule has 19 heavy (non-hydrogen) atoms. The molecule has 1 aliphatic rings. The molecule has 1 N–H and O–H groups in total. The van der Waals surface area contributed by atoms with Gasteiger partial charge in [-0.2, -0.15) is 0 Å². The quantitative estimate of drug-likeness (QED) is 0.908. The number of amides is 1. The number of imidazole rings is 1. The molecule has 4 nitrogen and oxygen atoms in total. The van der Waals surface area contributed by atoms with Gasteiger partial charge in [-0.1, -0.05) is 30.3 Å². The summed E-state index contributed by atoms with van der Waals surface area (Å²) in [7, 11) is 0. The first-order chi connectivity index (χ1) is 9.33. The highest BCUT2D eigenvalue weighted by Crippen LogP contribution is 2.19. The standard InChI is InChI=1S/C15H17N3O/c19-15(17-11-12-4-2-1-3-5-12)13-6-8-18-9-7-16-14(18)10-13/h1-5,7,9,13H,6,8,10-11H2,(H,17,19). The van der Waals surface area contributed by atoms with Gasteiger partial charge in [-0.25, -0.2) is 4.98 Å². The Kier molecular flexibility index (Phi) is 3.31. The molecule has 1 atom stereocenters. The van der Waals surface area contributed by atoms with Crippen LogP contribution in [0.1, 0.15) is 17.8 Å². The molecule has 0 fully saturated rings. The van der Waals surface area contributed by atoms with Gasteiger partial charge in [0, 0.05) is 37.8 Å². The van der Waals surface area contributed by atoms with E-state index in [1.807, 2.05) is 36.5 Å². The first-order valence-electron chi connectivity index (χ1n) is 6.64. The van der Waals surface area contributed by atoms with Crippen LogP contribution in [0.25, 0.3) is 0 Å². The van der Waals surface area contributed by atoms with Crippen molar-refractivity contribution in [2.45, 2.75) is 25.9 Å². The molecule has 1 unspecified atom stereocenters. The summed E-state index contributed by atoms with van der Waals surface area (Å²) in [4.78, 5) is 16.4. The van der Waals surface area contributed by atoms with Gasteiger partial charge in [0.05, 0.1) is 0 Å². The molecule has 3 rings (SSSR count). The number of hydrogen-bond donors (Lipinski definition) is 1. The van der Waals surface area contributed by atoms with Crippen molar-refractivity contribution in [1.29, 1.82) is 0 Å². The first kappa shape index (κ1) is 12.0. The lowest BCUT2D eigenvalue weighted by Crippen LogP contribution is -2.35. The third-order valence-electron chi connectivity index (χ3n) is 3.63. The van der Waals surface area contributed by atoms with Crippen LogP contribution in [0.5, 0.6) is 0 Å². The van der Waals surface area contributed by atoms with Crippen molar-refractivity contribution < 1.29 is 4.79 Å². The average Bonchev–Trinajstić information content (AvgIpc) is 2.93. The molecule has 0 saturated carbocycles. The Bertz CT molecular complexity index is 562. The minimum absolute atomic E-state index is 0.0543. The van der Waals surface area contributed by atoms with E-state index in [0.717, 1.165) is 30.8 Å². The van der Waals surface area contributed by atoms with Gasteiger partial charge in [0.2, 0.25) is 5.91 Å². The highest BCUT2D eigenvalue weighted by atomic mass is 16.1. The van der Waals surface area contributed by atoms with E-state index in [2.05, 4.69) is 14.9 Å². The minimum Gasteiger partial charge on any atom is -0.352 e. The van der Waals surface area contributed by atoms with E-state index in [1.165, 1.54) is 0 Å². The second kappa shape index (κ2) is 5.26. The summed E-state index contributed by atoms with van der Waals surface area (Å²) in [5, 5.41) is 3.02. The molecule has 98 valence electrons. The number of fused-ring (bicyclic) bond motifs is 1. The summed E-state index contributed by atoms with van der Waals surface area (Å²) in [5.41, 5.74) is 1.13. The Morgan fingerprint density at radius 1 is 1.37 bits per heavy atom. The highest BCUT2D eigenvalue weighted by Gasteiger charge is 2.24. The number of benzene rings is 1. The van der Waals surface area contributed by atoms with Crippen molar-refractivity contribution in [2.24, 2.45) is 5.92 Å². The number of aryl methyl sites for hydroxylation is 1. The van der Waals surface area contributed by atoms with E-state index in [0.29, 0.717) is 6.54 Å². The van der Waals surface area contributed by atoms with Crippen LogP contribution in [-0.4, -0.2) is 15.5 Å². The monoisotopic (exact) mass is 255 g/mol. The van der Waals surface area contributed by atoms with Crippen molar-refractivity contribution in [1.82, 2.24) is 14.9 Å². The predicted octanol–water partition coefficient (Wildman–Crippen LogP) is 1.76. The maximum atomic E-state index is 12.2. The van der Waals surface area contributed by atoms with Gasteiger partial charge in [0.15, 0.2) is 0 Å². The van der Waals surface area contributed by atoms with Crippen molar-refractivity contribution in [2.75, 3.05) is 0 Å². The molecule has 4 heteroatoms. The Hall–Kier alpha value is -2.10. The molecular formula is C15H17N3O. The lowest BCUT2D eigenvalue weighted by atomic mass is 9.97. The smallest absolute Gasteiger partial charge is 0.223 e. The van der Waals surface area contributed by atoms with E-state index >= 15 is 0 Å². The van der Waals surface area contributed by atoms with Crippen molar-refractivity contribution in [3.05, 3.63) is 54.1 Å². The van der Waals surface area contributed by atoms with Gasteiger partial charge in [0.1, 0.15) is 5.82 Å². The molecular weight excluding hydrogens is 238 g/mol. The minimum atomic E-state index is 0.0543. The van der Waals surface area contributed by atoms with Crippen molar-refractivity contribution in [3.63, 3.8) is 0 Å². The molecule has 1 aromatic heterocycles. The van der Waals surface area contributed by atoms with E-state index in [4.69, 9.17) is 0 Å². The number of hydrogen-bond acceptors (Lipinski definition) is 2. The van der Waals surface area contributed by atoms with Crippen LogP contribution in [0.3, 0.4) is 0 Å². The van der Waals surface area contributed by atoms with E-state index in [-0.39, 0.29) is 11.8 Å². The lowest BCUT2D eigenvalue weighted by Gasteiger charge is -2.22. The normalized spacial score (nSPS) is 17.8. The third kappa shape index (κ3) is 2.67. The number of rotatable bonds is 3. The summed E-state index contributed by atoms with van der Waals surface area (Å²) < 4.78 is 2.13. The highest BCUT2D eigenvalue weighted by molar-refractivity contribution is 5.78. The Morgan fingerprint density at radius 2 is 2.21 bits per heavy atom. The van der Waals surface area contributed by atoms with Gasteiger partial charge in [-0.3, -0.25) is 4.79 Å². The van der Waals surface area contributed by atoms with Crippen LogP contribution in [0.2, 0.25) is 0 Å². The fourth-order valence-corrected chi connectivity index (χ4v) is 2.50. The lowest BCUT2D eigenvalue weighted by molar-refractivity contribution is -0.125. The molecule has 1 aliphatic heterocycles. The number of carbonyl (C=O) groups is 1. The van der Waals surface area contributed by atoms with E-state index in [1.54, 1.807) is 6.20 Å². The molecule has 0 aliphatic carbocycles. The zero-order chi connectivity index (χ0) is 13.1. The first-order valence-corrected chi connectivity index (χ1v) is 6.64. The number of nitrogens with zero attached hydrogens (tertiary/aromatic N) is 2. The largest absolute Gasteiger partial charge is 0.352 e. The molecule has 2 heterocycles. The van der Waals surface area contributed by atoms with Crippen molar-refractivity contribution >= 4 is 5.91 Å². The predicted molar refractivity (Wildman–Crippen MR) is 72.3 cm³/mol. The molecule has 1 amide bonds. The fourth-order valence-electron chi connectivity index (χ4n) is 2.50. The van der Waals surface area contributed by atoms with Gasteiger partial charge in [-0.15, -0.1) is 0 Å². The van der Waals surface area contributed by atoms with Crippen LogP contribution < -0.4 is 5.32 Å². The average molecular weight is 255 g/mol. The van der Waals surface area contributed by atoms with Crippen LogP contribution in [0.4, 0.5) is 0 Å². The Labute approximate surface area is 112 Å². The van der Waals surface area contributed by atoms with Crippen LogP contribution >= 0.6 is 0 Å². The maximum absolute atomic E-state index is 12.2. The van der Waals surface area contributed by atoms with Gasteiger partial charge in [-0.05, 0) is 12.0 Å². The van der Waals surface area contributed by atoms with E-state index < -0.39 is 0 Å². The fraction of sp³-hybridized carbons (Fsp3) is 0.333. The van der Waals surface area contributed by atoms with Crippen LogP contribution in [0, 0.1) is 5.92 Å². The summed E-state index contributed by atoms with van der Waals surface area (Å²) in [6, 6.07) is 9.99. The summed E-state index contributed by atoms with van der Waals surface area (Å²) >= 11 is 0. The third-order valence-corrected chi connectivity index (χ3v) is 3.63. The molecule has 2 aromatic rings. The SMILES string of the molecule is O=C(NCc1ccccc1)C1CCn2ccnc2C1. The van der Waals surface area contributed by atoms with Crippen molar-refractivity contribution in [3.8, 4) is 0 Å². The molecule has 0 spiro atoms. The summed E-state index contributed by atoms with van der Waals surface area (Å²) in [5.74, 6) is 1.21. The van der Waals surface area contributed by atoms with Gasteiger partial charge in [0.25, 0.3) is 0 Å². The molecule has 0 radical (unpaired) electrons. The topological polar surface area (TPSA) is 46.9 Å².